The predicted molar refractivity (Wildman–Crippen MR) is 126 cm³/mol. The SMILES string of the molecule is COc1ccccc1Nc1oc(-c2ccccc2Cl)nc1S(=O)(=O)c1ccc2c(c1)OCCO2. The molecule has 0 unspecified atom stereocenters. The summed E-state index contributed by atoms with van der Waals surface area (Å²) in [7, 11) is -2.61. The molecule has 0 amide bonds. The van der Waals surface area contributed by atoms with E-state index in [0.29, 0.717) is 46.7 Å². The van der Waals surface area contributed by atoms with Crippen molar-refractivity contribution in [2.45, 2.75) is 9.92 Å². The number of oxazole rings is 1. The lowest BCUT2D eigenvalue weighted by Crippen LogP contribution is -2.16. The molecule has 0 radical (unpaired) electrons. The molecule has 5 rings (SSSR count). The van der Waals surface area contributed by atoms with E-state index in [2.05, 4.69) is 10.3 Å². The summed E-state index contributed by atoms with van der Waals surface area (Å²) >= 11 is 6.32. The zero-order valence-corrected chi connectivity index (χ0v) is 19.5. The number of nitrogens with zero attached hydrogens (tertiary/aromatic N) is 1. The van der Waals surface area contributed by atoms with Crippen molar-refractivity contribution in [3.05, 3.63) is 71.8 Å². The molecule has 34 heavy (non-hydrogen) atoms. The molecule has 0 atom stereocenters. The highest BCUT2D eigenvalue weighted by Crippen LogP contribution is 2.40. The van der Waals surface area contributed by atoms with Crippen molar-refractivity contribution >= 4 is 33.0 Å². The van der Waals surface area contributed by atoms with Crippen molar-refractivity contribution in [2.75, 3.05) is 25.6 Å². The van der Waals surface area contributed by atoms with Gasteiger partial charge in [-0.15, -0.1) is 0 Å². The van der Waals surface area contributed by atoms with Crippen LogP contribution in [0, 0.1) is 0 Å². The maximum Gasteiger partial charge on any atom is 0.238 e. The van der Waals surface area contributed by atoms with Crippen LogP contribution in [0.1, 0.15) is 0 Å². The third kappa shape index (κ3) is 4.04. The van der Waals surface area contributed by atoms with E-state index in [0.717, 1.165) is 0 Å². The first-order valence-electron chi connectivity index (χ1n) is 10.3. The normalized spacial score (nSPS) is 12.9. The van der Waals surface area contributed by atoms with Crippen molar-refractivity contribution in [2.24, 2.45) is 0 Å². The van der Waals surface area contributed by atoms with Gasteiger partial charge in [-0.2, -0.15) is 4.98 Å². The topological polar surface area (TPSA) is 99.9 Å². The zero-order chi connectivity index (χ0) is 23.7. The van der Waals surface area contributed by atoms with E-state index in [-0.39, 0.29) is 21.7 Å². The molecule has 0 saturated carbocycles. The number of aromatic nitrogens is 1. The van der Waals surface area contributed by atoms with Gasteiger partial charge in [0.05, 0.1) is 28.3 Å². The summed E-state index contributed by atoms with van der Waals surface area (Å²) in [6, 6.07) is 18.4. The first-order valence-corrected chi connectivity index (χ1v) is 12.1. The summed E-state index contributed by atoms with van der Waals surface area (Å²) in [5, 5.41) is 3.08. The van der Waals surface area contributed by atoms with Gasteiger partial charge in [0.15, 0.2) is 11.5 Å². The molecule has 0 fully saturated rings. The van der Waals surface area contributed by atoms with Gasteiger partial charge < -0.3 is 23.9 Å². The van der Waals surface area contributed by atoms with Crippen LogP contribution in [-0.2, 0) is 9.84 Å². The Balaban J connectivity index is 1.65. The average Bonchev–Trinajstić information content (AvgIpc) is 3.28. The van der Waals surface area contributed by atoms with Crippen LogP contribution >= 0.6 is 11.6 Å². The van der Waals surface area contributed by atoms with E-state index in [1.165, 1.54) is 19.2 Å². The largest absolute Gasteiger partial charge is 0.495 e. The van der Waals surface area contributed by atoms with Crippen molar-refractivity contribution in [3.8, 4) is 28.7 Å². The molecule has 2 heterocycles. The third-order valence-corrected chi connectivity index (χ3v) is 7.12. The third-order valence-electron chi connectivity index (χ3n) is 5.13. The quantitative estimate of drug-likeness (QED) is 0.379. The predicted octanol–water partition coefficient (Wildman–Crippen LogP) is 5.35. The number of nitrogens with one attached hydrogen (secondary N) is 1. The van der Waals surface area contributed by atoms with Gasteiger partial charge in [-0.05, 0) is 36.4 Å². The molecule has 0 spiro atoms. The second-order valence-corrected chi connectivity index (χ2v) is 9.54. The molecule has 4 aromatic rings. The standard InChI is InChI=1S/C24H19ClN2O6S/c1-30-19-9-5-4-8-18(19)26-23-24(27-22(33-23)16-6-2-3-7-17(16)25)34(28,29)15-10-11-20-21(14-15)32-13-12-31-20/h2-11,14,26H,12-13H2,1H3. The molecule has 1 aliphatic rings. The van der Waals surface area contributed by atoms with E-state index in [1.807, 2.05) is 0 Å². The minimum absolute atomic E-state index is 0.0150. The Morgan fingerprint density at radius 3 is 2.50 bits per heavy atom. The van der Waals surface area contributed by atoms with Crippen LogP contribution in [0.15, 0.2) is 81.1 Å². The Hall–Kier alpha value is -3.69. The highest BCUT2D eigenvalue weighted by Gasteiger charge is 2.31. The number of halogens is 1. The van der Waals surface area contributed by atoms with Crippen LogP contribution in [-0.4, -0.2) is 33.7 Å². The Labute approximate surface area is 201 Å². The Morgan fingerprint density at radius 2 is 1.71 bits per heavy atom. The summed E-state index contributed by atoms with van der Waals surface area (Å²) < 4.78 is 49.7. The number of fused-ring (bicyclic) bond motifs is 1. The fraction of sp³-hybridized carbons (Fsp3) is 0.125. The van der Waals surface area contributed by atoms with Crippen molar-refractivity contribution in [1.82, 2.24) is 4.98 Å². The maximum absolute atomic E-state index is 13.7. The number of hydrogen-bond donors (Lipinski definition) is 1. The van der Waals surface area contributed by atoms with Crippen LogP contribution in [0.25, 0.3) is 11.5 Å². The number of hydrogen-bond acceptors (Lipinski definition) is 8. The number of methoxy groups -OCH3 is 1. The second kappa shape index (κ2) is 8.92. The second-order valence-electron chi connectivity index (χ2n) is 7.27. The molecular weight excluding hydrogens is 480 g/mol. The van der Waals surface area contributed by atoms with Crippen LogP contribution in [0.3, 0.4) is 0 Å². The van der Waals surface area contributed by atoms with E-state index in [4.69, 9.17) is 30.2 Å². The molecule has 174 valence electrons. The molecule has 1 aromatic heterocycles. The number of ether oxygens (including phenoxy) is 3. The Kier molecular flexibility index (Phi) is 5.80. The zero-order valence-electron chi connectivity index (χ0n) is 17.9. The summed E-state index contributed by atoms with van der Waals surface area (Å²) in [6.07, 6.45) is 0. The van der Waals surface area contributed by atoms with Crippen LogP contribution in [0.4, 0.5) is 11.6 Å². The first kappa shape index (κ1) is 22.1. The van der Waals surface area contributed by atoms with Gasteiger partial charge in [-0.3, -0.25) is 0 Å². The van der Waals surface area contributed by atoms with Crippen molar-refractivity contribution in [1.29, 1.82) is 0 Å². The molecule has 8 nitrogen and oxygen atoms in total. The first-order chi connectivity index (χ1) is 16.5. The molecule has 0 bridgehead atoms. The minimum atomic E-state index is -4.13. The van der Waals surface area contributed by atoms with E-state index < -0.39 is 9.84 Å². The summed E-state index contributed by atoms with van der Waals surface area (Å²) in [5.74, 6) is 1.31. The van der Waals surface area contributed by atoms with Gasteiger partial charge in [0.2, 0.25) is 26.6 Å². The lowest BCUT2D eigenvalue weighted by molar-refractivity contribution is 0.171. The number of benzene rings is 3. The lowest BCUT2D eigenvalue weighted by Gasteiger charge is -2.18. The molecular formula is C24H19ClN2O6S. The van der Waals surface area contributed by atoms with E-state index in [9.17, 15) is 8.42 Å². The van der Waals surface area contributed by atoms with Gasteiger partial charge in [-0.1, -0.05) is 35.9 Å². The lowest BCUT2D eigenvalue weighted by atomic mass is 10.2. The van der Waals surface area contributed by atoms with Crippen LogP contribution in [0.5, 0.6) is 17.2 Å². The number of para-hydroxylation sites is 2. The van der Waals surface area contributed by atoms with Gasteiger partial charge in [-0.25, -0.2) is 8.42 Å². The Morgan fingerprint density at radius 1 is 0.971 bits per heavy atom. The van der Waals surface area contributed by atoms with Gasteiger partial charge >= 0.3 is 0 Å². The van der Waals surface area contributed by atoms with E-state index >= 15 is 0 Å². The minimum Gasteiger partial charge on any atom is -0.495 e. The van der Waals surface area contributed by atoms with Crippen LogP contribution in [0.2, 0.25) is 5.02 Å². The summed E-state index contributed by atoms with van der Waals surface area (Å²) in [5.41, 5.74) is 0.960. The number of sulfone groups is 1. The monoisotopic (exact) mass is 498 g/mol. The molecule has 1 N–H and O–H groups in total. The fourth-order valence-corrected chi connectivity index (χ4v) is 4.98. The highest BCUT2D eigenvalue weighted by atomic mass is 35.5. The number of anilines is 2. The molecule has 1 aliphatic heterocycles. The summed E-state index contributed by atoms with van der Waals surface area (Å²) in [4.78, 5) is 4.32. The average molecular weight is 499 g/mol. The maximum atomic E-state index is 13.7. The molecule has 0 aliphatic carbocycles. The molecule has 3 aromatic carbocycles. The highest BCUT2D eigenvalue weighted by molar-refractivity contribution is 7.91. The van der Waals surface area contributed by atoms with E-state index in [1.54, 1.807) is 54.6 Å². The van der Waals surface area contributed by atoms with Crippen molar-refractivity contribution in [3.63, 3.8) is 0 Å². The van der Waals surface area contributed by atoms with Gasteiger partial charge in [0, 0.05) is 6.07 Å². The van der Waals surface area contributed by atoms with Crippen molar-refractivity contribution < 1.29 is 27.0 Å². The summed E-state index contributed by atoms with van der Waals surface area (Å²) in [6.45, 7) is 0.730. The molecule has 10 heteroatoms. The Bertz CT molecular complexity index is 1470. The van der Waals surface area contributed by atoms with Gasteiger partial charge in [0.25, 0.3) is 0 Å². The van der Waals surface area contributed by atoms with Crippen LogP contribution < -0.4 is 19.5 Å². The molecule has 0 saturated heterocycles. The fourth-order valence-electron chi connectivity index (χ4n) is 3.49. The smallest absolute Gasteiger partial charge is 0.238 e. The van der Waals surface area contributed by atoms with Gasteiger partial charge in [0.1, 0.15) is 19.0 Å². The number of rotatable bonds is 6.